The van der Waals surface area contributed by atoms with Crippen molar-refractivity contribution >= 4 is 39.4 Å². The van der Waals surface area contributed by atoms with Gasteiger partial charge >= 0.3 is 0 Å². The lowest BCUT2D eigenvalue weighted by Crippen LogP contribution is -2.54. The maximum atomic E-state index is 13.1. The standard InChI is InChI=1S/C34H45N3O13S/c1-25-5-7-26(8-6-25)51(42,43)50-24-23-49-22-21-48-20-19-47-18-17-46-16-15-45-14-13-44-12-11-35-28-4-2-3-27-31(28)34(41)37(33(27)40)29-9-10-30(38)36-32(29)39/h2-8,29,35H,9-24H2,1H3,(H,36,38,39). The predicted octanol–water partition coefficient (Wildman–Crippen LogP) is 1.31. The summed E-state index contributed by atoms with van der Waals surface area (Å²) >= 11 is 0. The number of piperidine rings is 1. The van der Waals surface area contributed by atoms with Gasteiger partial charge in [-0.3, -0.25) is 33.6 Å². The van der Waals surface area contributed by atoms with E-state index in [1.54, 1.807) is 30.3 Å². The summed E-state index contributed by atoms with van der Waals surface area (Å²) in [5.74, 6) is -2.20. The second-order valence-electron chi connectivity index (χ2n) is 11.4. The van der Waals surface area contributed by atoms with Crippen LogP contribution in [0.4, 0.5) is 5.69 Å². The summed E-state index contributed by atoms with van der Waals surface area (Å²) in [6.07, 6.45) is 0.155. The number of benzene rings is 2. The Balaban J connectivity index is 0.916. The number of rotatable bonds is 25. The summed E-state index contributed by atoms with van der Waals surface area (Å²) in [7, 11) is -3.80. The van der Waals surface area contributed by atoms with Gasteiger partial charge in [-0.05, 0) is 37.6 Å². The average molecular weight is 736 g/mol. The van der Waals surface area contributed by atoms with Gasteiger partial charge in [-0.2, -0.15) is 8.42 Å². The number of carbonyl (C=O) groups is 4. The van der Waals surface area contributed by atoms with E-state index in [2.05, 4.69) is 10.6 Å². The van der Waals surface area contributed by atoms with Crippen LogP contribution in [0, 0.1) is 6.92 Å². The molecule has 0 aliphatic carbocycles. The number of anilines is 1. The van der Waals surface area contributed by atoms with Crippen LogP contribution < -0.4 is 10.6 Å². The topological polar surface area (TPSA) is 194 Å². The number of nitrogens with one attached hydrogen (secondary N) is 2. The van der Waals surface area contributed by atoms with Crippen molar-refractivity contribution in [1.82, 2.24) is 10.2 Å². The molecule has 2 N–H and O–H groups in total. The van der Waals surface area contributed by atoms with E-state index in [9.17, 15) is 27.6 Å². The van der Waals surface area contributed by atoms with E-state index < -0.39 is 39.8 Å². The van der Waals surface area contributed by atoms with Crippen LogP contribution in [0.1, 0.15) is 39.1 Å². The lowest BCUT2D eigenvalue weighted by atomic mass is 10.0. The van der Waals surface area contributed by atoms with E-state index in [0.717, 1.165) is 10.5 Å². The first kappa shape index (κ1) is 40.0. The van der Waals surface area contributed by atoms with Gasteiger partial charge in [0.1, 0.15) is 6.04 Å². The molecular weight excluding hydrogens is 690 g/mol. The molecule has 2 heterocycles. The first-order valence-corrected chi connectivity index (χ1v) is 18.1. The first-order valence-electron chi connectivity index (χ1n) is 16.7. The van der Waals surface area contributed by atoms with Crippen LogP contribution in [0.2, 0.25) is 0 Å². The Bertz CT molecular complexity index is 1570. The van der Waals surface area contributed by atoms with Gasteiger partial charge in [0, 0.05) is 18.7 Å². The van der Waals surface area contributed by atoms with Gasteiger partial charge in [0.15, 0.2) is 0 Å². The van der Waals surface area contributed by atoms with Crippen LogP contribution in [-0.2, 0) is 52.3 Å². The van der Waals surface area contributed by atoms with Crippen LogP contribution in [0.5, 0.6) is 0 Å². The van der Waals surface area contributed by atoms with Crippen molar-refractivity contribution in [2.75, 3.05) is 97.8 Å². The smallest absolute Gasteiger partial charge is 0.297 e. The molecule has 2 aromatic rings. The molecule has 0 saturated carbocycles. The van der Waals surface area contributed by atoms with Crippen molar-refractivity contribution in [3.05, 3.63) is 59.2 Å². The third-order valence-corrected chi connectivity index (χ3v) is 8.99. The van der Waals surface area contributed by atoms with Crippen molar-refractivity contribution in [3.63, 3.8) is 0 Å². The third kappa shape index (κ3) is 12.4. The molecule has 51 heavy (non-hydrogen) atoms. The second kappa shape index (κ2) is 20.9. The Morgan fingerprint density at radius 2 is 1.24 bits per heavy atom. The molecule has 17 heteroatoms. The molecule has 0 bridgehead atoms. The van der Waals surface area contributed by atoms with Gasteiger partial charge in [-0.25, -0.2) is 0 Å². The van der Waals surface area contributed by atoms with Gasteiger partial charge in [0.25, 0.3) is 21.9 Å². The zero-order valence-electron chi connectivity index (χ0n) is 28.6. The predicted molar refractivity (Wildman–Crippen MR) is 181 cm³/mol. The van der Waals surface area contributed by atoms with Gasteiger partial charge < -0.3 is 33.7 Å². The molecule has 2 aliphatic rings. The SMILES string of the molecule is Cc1ccc(S(=O)(=O)OCCOCCOCCOCCOCCOCCOCCNc2cccc3c2C(=O)N(C2CCC(=O)NC2=O)C3=O)cc1. The molecule has 1 unspecified atom stereocenters. The molecule has 16 nitrogen and oxygen atoms in total. The molecule has 280 valence electrons. The quantitative estimate of drug-likeness (QED) is 0.0842. The van der Waals surface area contributed by atoms with Crippen molar-refractivity contribution < 1.29 is 60.2 Å². The van der Waals surface area contributed by atoms with Crippen molar-refractivity contribution in [2.45, 2.75) is 30.7 Å². The van der Waals surface area contributed by atoms with Gasteiger partial charge in [-0.1, -0.05) is 23.8 Å². The molecule has 2 aromatic carbocycles. The van der Waals surface area contributed by atoms with Crippen LogP contribution in [-0.4, -0.2) is 135 Å². The lowest BCUT2D eigenvalue weighted by molar-refractivity contribution is -0.136. The third-order valence-electron chi connectivity index (χ3n) is 7.67. The van der Waals surface area contributed by atoms with Gasteiger partial charge in [0.05, 0.1) is 102 Å². The van der Waals surface area contributed by atoms with Crippen molar-refractivity contribution in [2.24, 2.45) is 0 Å². The monoisotopic (exact) mass is 735 g/mol. The number of carbonyl (C=O) groups excluding carboxylic acids is 4. The Hall–Kier alpha value is -3.81. The normalized spacial score (nSPS) is 16.1. The largest absolute Gasteiger partial charge is 0.382 e. The summed E-state index contributed by atoms with van der Waals surface area (Å²) in [6, 6.07) is 10.3. The number of hydrogen-bond acceptors (Lipinski definition) is 14. The molecule has 1 fully saturated rings. The number of fused-ring (bicyclic) bond motifs is 1. The Labute approximate surface area is 297 Å². The number of hydrogen-bond donors (Lipinski definition) is 2. The highest BCUT2D eigenvalue weighted by atomic mass is 32.2. The second-order valence-corrected chi connectivity index (χ2v) is 13.0. The molecule has 0 aromatic heterocycles. The number of nitrogens with zero attached hydrogens (tertiary/aromatic N) is 1. The van der Waals surface area contributed by atoms with Crippen LogP contribution in [0.25, 0.3) is 0 Å². The Kier molecular flexibility index (Phi) is 16.4. The average Bonchev–Trinajstić information content (AvgIpc) is 3.36. The fourth-order valence-electron chi connectivity index (χ4n) is 5.10. The molecule has 1 saturated heterocycles. The minimum atomic E-state index is -3.80. The van der Waals surface area contributed by atoms with E-state index in [1.807, 2.05) is 6.92 Å². The maximum absolute atomic E-state index is 13.1. The summed E-state index contributed by atoms with van der Waals surface area (Å²) in [5, 5.41) is 5.31. The summed E-state index contributed by atoms with van der Waals surface area (Å²) in [4.78, 5) is 50.9. The Morgan fingerprint density at radius 1 is 0.706 bits per heavy atom. The highest BCUT2D eigenvalue weighted by molar-refractivity contribution is 7.86. The molecular formula is C34H45N3O13S. The van der Waals surface area contributed by atoms with E-state index >= 15 is 0 Å². The van der Waals surface area contributed by atoms with Gasteiger partial charge in [0.2, 0.25) is 11.8 Å². The van der Waals surface area contributed by atoms with Gasteiger partial charge in [-0.15, -0.1) is 0 Å². The number of amides is 4. The molecule has 4 rings (SSSR count). The molecule has 2 aliphatic heterocycles. The summed E-state index contributed by atoms with van der Waals surface area (Å²) in [6.45, 7) is 6.36. The number of imide groups is 2. The van der Waals surface area contributed by atoms with E-state index in [-0.39, 0.29) is 42.1 Å². The fourth-order valence-corrected chi connectivity index (χ4v) is 5.99. The van der Waals surface area contributed by atoms with Crippen LogP contribution in [0.3, 0.4) is 0 Å². The van der Waals surface area contributed by atoms with Crippen LogP contribution >= 0.6 is 0 Å². The van der Waals surface area contributed by atoms with Crippen molar-refractivity contribution in [1.29, 1.82) is 0 Å². The number of ether oxygens (including phenoxy) is 6. The highest BCUT2D eigenvalue weighted by Crippen LogP contribution is 2.32. The zero-order valence-corrected chi connectivity index (χ0v) is 29.4. The zero-order chi connectivity index (χ0) is 36.5. The van der Waals surface area contributed by atoms with Crippen molar-refractivity contribution in [3.8, 4) is 0 Å². The summed E-state index contributed by atoms with van der Waals surface area (Å²) < 4.78 is 61.9. The van der Waals surface area contributed by atoms with E-state index in [4.69, 9.17) is 32.6 Å². The summed E-state index contributed by atoms with van der Waals surface area (Å²) in [5.41, 5.74) is 1.84. The lowest BCUT2D eigenvalue weighted by Gasteiger charge is -2.27. The molecule has 4 amide bonds. The van der Waals surface area contributed by atoms with Crippen LogP contribution in [0.15, 0.2) is 47.4 Å². The molecule has 1 atom stereocenters. The number of aryl methyl sites for hydroxylation is 1. The maximum Gasteiger partial charge on any atom is 0.297 e. The molecule has 0 spiro atoms. The minimum absolute atomic E-state index is 0.0588. The van der Waals surface area contributed by atoms with E-state index in [0.29, 0.717) is 84.9 Å². The molecule has 0 radical (unpaired) electrons. The van der Waals surface area contributed by atoms with E-state index in [1.165, 1.54) is 12.1 Å². The Morgan fingerprint density at radius 3 is 1.78 bits per heavy atom. The first-order chi connectivity index (χ1) is 24.7. The fraction of sp³-hybridized carbons (Fsp3) is 0.529. The highest BCUT2D eigenvalue weighted by Gasteiger charge is 2.45. The minimum Gasteiger partial charge on any atom is -0.382 e.